The van der Waals surface area contributed by atoms with Gasteiger partial charge in [0.25, 0.3) is 0 Å². The van der Waals surface area contributed by atoms with Crippen LogP contribution >= 0.6 is 0 Å². The van der Waals surface area contributed by atoms with Crippen molar-refractivity contribution in [1.82, 2.24) is 9.38 Å². The van der Waals surface area contributed by atoms with E-state index < -0.39 is 11.9 Å². The summed E-state index contributed by atoms with van der Waals surface area (Å²) >= 11 is 0. The normalized spacial score (nSPS) is 12.0. The van der Waals surface area contributed by atoms with Gasteiger partial charge in [-0.15, -0.1) is 0 Å². The molecule has 2 aromatic heterocycles. The Labute approximate surface area is 113 Å². The molecule has 3 aromatic rings. The average molecular weight is 276 g/mol. The standard InChI is InChI=1S/C15H11F3N2/c1-10-6-2-3-7-11(10)13-14(15(16,17)18)20-9-5-4-8-12(20)19-13/h2-9H,1H3. The minimum absolute atomic E-state index is 0.0261. The smallest absolute Gasteiger partial charge is 0.295 e. The van der Waals surface area contributed by atoms with Gasteiger partial charge in [-0.05, 0) is 24.6 Å². The van der Waals surface area contributed by atoms with E-state index in [-0.39, 0.29) is 11.3 Å². The number of halogens is 3. The zero-order valence-corrected chi connectivity index (χ0v) is 10.6. The number of hydrogen-bond donors (Lipinski definition) is 0. The molecule has 0 bridgehead atoms. The molecule has 5 heteroatoms. The van der Waals surface area contributed by atoms with Gasteiger partial charge < -0.3 is 0 Å². The van der Waals surface area contributed by atoms with E-state index in [4.69, 9.17) is 0 Å². The first-order valence-electron chi connectivity index (χ1n) is 6.09. The number of fused-ring (bicyclic) bond motifs is 1. The third-order valence-corrected chi connectivity index (χ3v) is 3.20. The van der Waals surface area contributed by atoms with E-state index >= 15 is 0 Å². The molecular formula is C15H11F3N2. The van der Waals surface area contributed by atoms with Gasteiger partial charge in [-0.2, -0.15) is 13.2 Å². The molecule has 0 aliphatic carbocycles. The van der Waals surface area contributed by atoms with Crippen molar-refractivity contribution in [1.29, 1.82) is 0 Å². The van der Waals surface area contributed by atoms with Crippen LogP contribution in [0.25, 0.3) is 16.9 Å². The Balaban J connectivity index is 2.39. The van der Waals surface area contributed by atoms with E-state index in [1.807, 2.05) is 0 Å². The van der Waals surface area contributed by atoms with Crippen LogP contribution in [0.4, 0.5) is 13.2 Å². The van der Waals surface area contributed by atoms with Crippen molar-refractivity contribution in [2.75, 3.05) is 0 Å². The maximum Gasteiger partial charge on any atom is 0.433 e. The molecule has 0 spiro atoms. The summed E-state index contributed by atoms with van der Waals surface area (Å²) in [6, 6.07) is 11.7. The summed E-state index contributed by atoms with van der Waals surface area (Å²) in [6.45, 7) is 1.78. The van der Waals surface area contributed by atoms with Crippen LogP contribution in [-0.4, -0.2) is 9.38 Å². The van der Waals surface area contributed by atoms with Gasteiger partial charge in [0.2, 0.25) is 0 Å². The zero-order chi connectivity index (χ0) is 14.3. The fraction of sp³-hybridized carbons (Fsp3) is 0.133. The molecule has 0 radical (unpaired) electrons. The highest BCUT2D eigenvalue weighted by atomic mass is 19.4. The summed E-state index contributed by atoms with van der Waals surface area (Å²) in [6.07, 6.45) is -3.08. The minimum Gasteiger partial charge on any atom is -0.295 e. The molecule has 0 amide bonds. The van der Waals surface area contributed by atoms with Crippen molar-refractivity contribution in [3.63, 3.8) is 0 Å². The second kappa shape index (κ2) is 4.37. The highest BCUT2D eigenvalue weighted by molar-refractivity contribution is 5.70. The summed E-state index contributed by atoms with van der Waals surface area (Å²) < 4.78 is 41.2. The van der Waals surface area contributed by atoms with Gasteiger partial charge in [0, 0.05) is 11.8 Å². The molecule has 1 aromatic carbocycles. The lowest BCUT2D eigenvalue weighted by Crippen LogP contribution is -2.10. The van der Waals surface area contributed by atoms with Crippen molar-refractivity contribution in [2.24, 2.45) is 0 Å². The first-order chi connectivity index (χ1) is 9.48. The first-order valence-corrected chi connectivity index (χ1v) is 6.09. The molecule has 0 aliphatic rings. The van der Waals surface area contributed by atoms with Crippen LogP contribution in [0.5, 0.6) is 0 Å². The predicted octanol–water partition coefficient (Wildman–Crippen LogP) is 4.33. The highest BCUT2D eigenvalue weighted by Gasteiger charge is 2.38. The van der Waals surface area contributed by atoms with E-state index in [0.29, 0.717) is 5.56 Å². The molecule has 0 unspecified atom stereocenters. The van der Waals surface area contributed by atoms with E-state index in [1.54, 1.807) is 49.4 Å². The Morgan fingerprint density at radius 2 is 1.70 bits per heavy atom. The molecule has 0 fully saturated rings. The summed E-state index contributed by atoms with van der Waals surface area (Å²) in [5, 5.41) is 0. The largest absolute Gasteiger partial charge is 0.433 e. The zero-order valence-electron chi connectivity index (χ0n) is 10.6. The second-order valence-corrected chi connectivity index (χ2v) is 4.55. The lowest BCUT2D eigenvalue weighted by molar-refractivity contribution is -0.141. The number of pyridine rings is 1. The average Bonchev–Trinajstić information content (AvgIpc) is 2.78. The van der Waals surface area contributed by atoms with Crippen molar-refractivity contribution in [2.45, 2.75) is 13.1 Å². The topological polar surface area (TPSA) is 17.3 Å². The number of rotatable bonds is 1. The first kappa shape index (κ1) is 12.7. The minimum atomic E-state index is -4.46. The van der Waals surface area contributed by atoms with E-state index in [1.165, 1.54) is 6.20 Å². The Morgan fingerprint density at radius 1 is 1.00 bits per heavy atom. The summed E-state index contributed by atoms with van der Waals surface area (Å²) in [7, 11) is 0. The monoisotopic (exact) mass is 276 g/mol. The number of hydrogen-bond acceptors (Lipinski definition) is 1. The molecule has 0 N–H and O–H groups in total. The molecule has 2 heterocycles. The molecule has 102 valence electrons. The molecule has 3 rings (SSSR count). The van der Waals surface area contributed by atoms with Gasteiger partial charge in [-0.3, -0.25) is 4.40 Å². The van der Waals surface area contributed by atoms with Crippen molar-refractivity contribution in [3.05, 3.63) is 59.9 Å². The van der Waals surface area contributed by atoms with Crippen LogP contribution in [0.15, 0.2) is 48.7 Å². The lowest BCUT2D eigenvalue weighted by atomic mass is 10.0. The summed E-state index contributed by atoms with van der Waals surface area (Å²) in [5.41, 5.74) is 0.798. The van der Waals surface area contributed by atoms with Gasteiger partial charge in [0.1, 0.15) is 11.3 Å². The van der Waals surface area contributed by atoms with Gasteiger partial charge in [0.05, 0.1) is 0 Å². The molecule has 0 saturated carbocycles. The lowest BCUT2D eigenvalue weighted by Gasteiger charge is -2.10. The number of aromatic nitrogens is 2. The van der Waals surface area contributed by atoms with Gasteiger partial charge in [-0.25, -0.2) is 4.98 Å². The van der Waals surface area contributed by atoms with Gasteiger partial charge >= 0.3 is 6.18 Å². The van der Waals surface area contributed by atoms with Crippen LogP contribution in [0, 0.1) is 6.92 Å². The molecular weight excluding hydrogens is 265 g/mol. The quantitative estimate of drug-likeness (QED) is 0.646. The third-order valence-electron chi connectivity index (χ3n) is 3.20. The van der Waals surface area contributed by atoms with Crippen LogP contribution in [0.3, 0.4) is 0 Å². The van der Waals surface area contributed by atoms with Crippen LogP contribution < -0.4 is 0 Å². The summed E-state index contributed by atoms with van der Waals surface area (Å²) in [5.74, 6) is 0. The number of alkyl halides is 3. The van der Waals surface area contributed by atoms with Gasteiger partial charge in [-0.1, -0.05) is 30.3 Å². The number of aryl methyl sites for hydroxylation is 1. The van der Waals surface area contributed by atoms with Crippen molar-refractivity contribution < 1.29 is 13.2 Å². The Morgan fingerprint density at radius 3 is 2.40 bits per heavy atom. The molecule has 2 nitrogen and oxygen atoms in total. The molecule has 0 aliphatic heterocycles. The number of nitrogens with zero attached hydrogens (tertiary/aromatic N) is 2. The SMILES string of the molecule is Cc1ccccc1-c1nc2ccccn2c1C(F)(F)F. The molecule has 20 heavy (non-hydrogen) atoms. The maximum absolute atomic E-state index is 13.4. The Kier molecular flexibility index (Phi) is 2.78. The van der Waals surface area contributed by atoms with Gasteiger partial charge in [0.15, 0.2) is 5.69 Å². The molecule has 0 saturated heterocycles. The van der Waals surface area contributed by atoms with E-state index in [9.17, 15) is 13.2 Å². The summed E-state index contributed by atoms with van der Waals surface area (Å²) in [4.78, 5) is 4.15. The predicted molar refractivity (Wildman–Crippen MR) is 70.4 cm³/mol. The van der Waals surface area contributed by atoms with Crippen LogP contribution in [-0.2, 0) is 6.18 Å². The van der Waals surface area contributed by atoms with Crippen molar-refractivity contribution in [3.8, 4) is 11.3 Å². The fourth-order valence-electron chi connectivity index (χ4n) is 2.29. The number of imidazole rings is 1. The Hall–Kier alpha value is -2.30. The highest BCUT2D eigenvalue weighted by Crippen LogP contribution is 2.38. The number of benzene rings is 1. The van der Waals surface area contributed by atoms with Crippen LogP contribution in [0.1, 0.15) is 11.3 Å². The van der Waals surface area contributed by atoms with Crippen LogP contribution in [0.2, 0.25) is 0 Å². The Bertz CT molecular complexity index is 772. The third kappa shape index (κ3) is 1.95. The second-order valence-electron chi connectivity index (χ2n) is 4.55. The maximum atomic E-state index is 13.4. The van der Waals surface area contributed by atoms with E-state index in [2.05, 4.69) is 4.98 Å². The van der Waals surface area contributed by atoms with Crippen molar-refractivity contribution >= 4 is 5.65 Å². The fourth-order valence-corrected chi connectivity index (χ4v) is 2.29. The van der Waals surface area contributed by atoms with E-state index in [0.717, 1.165) is 9.96 Å². The molecule has 0 atom stereocenters.